The number of likely N-dealkylation sites (tertiary alicyclic amines) is 1. The molecular weight excluding hydrogens is 420 g/mol. The van der Waals surface area contributed by atoms with Gasteiger partial charge in [-0.3, -0.25) is 4.79 Å². The number of amides is 1. The fourth-order valence-electron chi connectivity index (χ4n) is 4.18. The zero-order chi connectivity index (χ0) is 22.3. The lowest BCUT2D eigenvalue weighted by molar-refractivity contribution is -0.131. The predicted molar refractivity (Wildman–Crippen MR) is 128 cm³/mol. The van der Waals surface area contributed by atoms with Crippen LogP contribution in [0.4, 0.5) is 0 Å². The second-order valence-corrected chi connectivity index (χ2v) is 8.98. The molecule has 1 saturated heterocycles. The average Bonchev–Trinajstić information content (AvgIpc) is 3.29. The lowest BCUT2D eigenvalue weighted by Gasteiger charge is -2.32. The fourth-order valence-corrected chi connectivity index (χ4v) is 5.03. The topological polar surface area (TPSA) is 51.7 Å². The lowest BCUT2D eigenvalue weighted by Crippen LogP contribution is -2.39. The van der Waals surface area contributed by atoms with E-state index in [0.717, 1.165) is 60.1 Å². The van der Waals surface area contributed by atoms with Crippen molar-refractivity contribution < 1.29 is 14.3 Å². The number of hydrogen-bond acceptors (Lipinski definition) is 5. The first kappa shape index (κ1) is 22.3. The normalized spacial score (nSPS) is 14.4. The summed E-state index contributed by atoms with van der Waals surface area (Å²) in [5.41, 5.74) is 3.15. The Labute approximate surface area is 194 Å². The summed E-state index contributed by atoms with van der Waals surface area (Å²) in [7, 11) is 1.69. The number of thiazole rings is 1. The third-order valence-corrected chi connectivity index (χ3v) is 6.88. The highest BCUT2D eigenvalue weighted by atomic mass is 32.1. The molecule has 2 aromatic carbocycles. The zero-order valence-corrected chi connectivity index (χ0v) is 19.6. The van der Waals surface area contributed by atoms with Gasteiger partial charge >= 0.3 is 0 Å². The van der Waals surface area contributed by atoms with Gasteiger partial charge in [-0.25, -0.2) is 4.98 Å². The van der Waals surface area contributed by atoms with Gasteiger partial charge in [-0.15, -0.1) is 11.3 Å². The summed E-state index contributed by atoms with van der Waals surface area (Å²) in [4.78, 5) is 19.6. The van der Waals surface area contributed by atoms with Gasteiger partial charge in [0.25, 0.3) is 0 Å². The van der Waals surface area contributed by atoms with E-state index in [-0.39, 0.29) is 5.91 Å². The minimum atomic E-state index is 0.169. The van der Waals surface area contributed by atoms with Gasteiger partial charge < -0.3 is 14.4 Å². The SMILES string of the molecule is CCOc1ccccc1-c1nc(CC(=O)N2CCC(Cc3ccc(OC)cc3)CC2)cs1. The Morgan fingerprint density at radius 2 is 1.88 bits per heavy atom. The number of rotatable bonds is 8. The van der Waals surface area contributed by atoms with Crippen molar-refractivity contribution in [1.29, 1.82) is 0 Å². The molecule has 3 aromatic rings. The molecule has 0 unspecified atom stereocenters. The average molecular weight is 451 g/mol. The van der Waals surface area contributed by atoms with Crippen molar-refractivity contribution in [2.45, 2.75) is 32.6 Å². The summed E-state index contributed by atoms with van der Waals surface area (Å²) in [6.07, 6.45) is 3.50. The van der Waals surface area contributed by atoms with Crippen molar-refractivity contribution in [2.75, 3.05) is 26.8 Å². The number of nitrogens with zero attached hydrogens (tertiary/aromatic N) is 2. The quantitative estimate of drug-likeness (QED) is 0.471. The summed E-state index contributed by atoms with van der Waals surface area (Å²) in [6.45, 7) is 4.23. The third-order valence-electron chi connectivity index (χ3n) is 5.95. The summed E-state index contributed by atoms with van der Waals surface area (Å²) in [6, 6.07) is 16.2. The molecule has 0 N–H and O–H groups in total. The molecule has 1 fully saturated rings. The molecule has 0 saturated carbocycles. The number of ether oxygens (including phenoxy) is 2. The highest BCUT2D eigenvalue weighted by Gasteiger charge is 2.24. The second-order valence-electron chi connectivity index (χ2n) is 8.13. The van der Waals surface area contributed by atoms with E-state index in [2.05, 4.69) is 12.1 Å². The van der Waals surface area contributed by atoms with Crippen LogP contribution in [0.1, 0.15) is 31.0 Å². The van der Waals surface area contributed by atoms with Gasteiger partial charge in [0, 0.05) is 18.5 Å². The van der Waals surface area contributed by atoms with E-state index in [0.29, 0.717) is 18.9 Å². The number of methoxy groups -OCH3 is 1. The largest absolute Gasteiger partial charge is 0.497 e. The van der Waals surface area contributed by atoms with Crippen LogP contribution in [0.5, 0.6) is 11.5 Å². The van der Waals surface area contributed by atoms with Crippen LogP contribution in [0.2, 0.25) is 0 Å². The molecule has 0 radical (unpaired) electrons. The van der Waals surface area contributed by atoms with Crippen LogP contribution in [0.25, 0.3) is 10.6 Å². The minimum absolute atomic E-state index is 0.169. The van der Waals surface area contributed by atoms with E-state index >= 15 is 0 Å². The van der Waals surface area contributed by atoms with Gasteiger partial charge in [0.05, 0.1) is 31.4 Å². The molecule has 32 heavy (non-hydrogen) atoms. The minimum Gasteiger partial charge on any atom is -0.497 e. The van der Waals surface area contributed by atoms with Crippen LogP contribution < -0.4 is 9.47 Å². The van der Waals surface area contributed by atoms with Gasteiger partial charge in [-0.05, 0) is 61.9 Å². The first-order chi connectivity index (χ1) is 15.7. The second kappa shape index (κ2) is 10.6. The third kappa shape index (κ3) is 5.49. The first-order valence-corrected chi connectivity index (χ1v) is 12.1. The molecule has 0 aliphatic carbocycles. The van der Waals surface area contributed by atoms with Crippen LogP contribution >= 0.6 is 11.3 Å². The van der Waals surface area contributed by atoms with E-state index in [1.165, 1.54) is 5.56 Å². The molecule has 6 heteroatoms. The monoisotopic (exact) mass is 450 g/mol. The maximum atomic E-state index is 12.9. The highest BCUT2D eigenvalue weighted by Crippen LogP contribution is 2.32. The molecule has 1 aliphatic rings. The molecular formula is C26H30N2O3S. The van der Waals surface area contributed by atoms with Crippen molar-refractivity contribution in [2.24, 2.45) is 5.92 Å². The Balaban J connectivity index is 1.30. The van der Waals surface area contributed by atoms with Gasteiger partial charge in [-0.2, -0.15) is 0 Å². The van der Waals surface area contributed by atoms with Gasteiger partial charge in [0.15, 0.2) is 0 Å². The Morgan fingerprint density at radius 3 is 2.59 bits per heavy atom. The van der Waals surface area contributed by atoms with Crippen molar-refractivity contribution in [3.8, 4) is 22.1 Å². The number of carbonyl (C=O) groups excluding carboxylic acids is 1. The van der Waals surface area contributed by atoms with Crippen molar-refractivity contribution in [1.82, 2.24) is 9.88 Å². The maximum Gasteiger partial charge on any atom is 0.228 e. The van der Waals surface area contributed by atoms with E-state index in [1.54, 1.807) is 18.4 Å². The van der Waals surface area contributed by atoms with Crippen molar-refractivity contribution in [3.05, 3.63) is 65.2 Å². The van der Waals surface area contributed by atoms with Gasteiger partial charge in [0.2, 0.25) is 5.91 Å². The smallest absolute Gasteiger partial charge is 0.228 e. The van der Waals surface area contributed by atoms with Crippen LogP contribution in [-0.2, 0) is 17.6 Å². The van der Waals surface area contributed by atoms with E-state index in [4.69, 9.17) is 14.5 Å². The van der Waals surface area contributed by atoms with E-state index < -0.39 is 0 Å². The molecule has 1 aromatic heterocycles. The van der Waals surface area contributed by atoms with Crippen LogP contribution in [0.15, 0.2) is 53.9 Å². The molecule has 4 rings (SSSR count). The Kier molecular flexibility index (Phi) is 7.43. The van der Waals surface area contributed by atoms with Crippen LogP contribution in [-0.4, -0.2) is 42.6 Å². The molecule has 0 atom stereocenters. The summed E-state index contributed by atoms with van der Waals surface area (Å²) >= 11 is 1.56. The molecule has 2 heterocycles. The number of piperidine rings is 1. The summed E-state index contributed by atoms with van der Waals surface area (Å²) in [5, 5.41) is 2.89. The van der Waals surface area contributed by atoms with Crippen LogP contribution in [0, 0.1) is 5.92 Å². The number of benzene rings is 2. The van der Waals surface area contributed by atoms with Gasteiger partial charge in [-0.1, -0.05) is 24.3 Å². The highest BCUT2D eigenvalue weighted by molar-refractivity contribution is 7.13. The Hall–Kier alpha value is -2.86. The van der Waals surface area contributed by atoms with Crippen molar-refractivity contribution >= 4 is 17.2 Å². The maximum absolute atomic E-state index is 12.9. The molecule has 0 spiro atoms. The predicted octanol–water partition coefficient (Wildman–Crippen LogP) is 5.24. The number of para-hydroxylation sites is 1. The zero-order valence-electron chi connectivity index (χ0n) is 18.8. The van der Waals surface area contributed by atoms with E-state index in [9.17, 15) is 4.79 Å². The van der Waals surface area contributed by atoms with E-state index in [1.807, 2.05) is 53.6 Å². The molecule has 5 nitrogen and oxygen atoms in total. The van der Waals surface area contributed by atoms with Crippen molar-refractivity contribution in [3.63, 3.8) is 0 Å². The molecule has 1 amide bonds. The molecule has 1 aliphatic heterocycles. The number of aromatic nitrogens is 1. The molecule has 0 bridgehead atoms. The fraction of sp³-hybridized carbons (Fsp3) is 0.385. The Bertz CT molecular complexity index is 1020. The number of carbonyl (C=O) groups is 1. The van der Waals surface area contributed by atoms with Gasteiger partial charge in [0.1, 0.15) is 16.5 Å². The first-order valence-electron chi connectivity index (χ1n) is 11.2. The summed E-state index contributed by atoms with van der Waals surface area (Å²) < 4.78 is 11.0. The summed E-state index contributed by atoms with van der Waals surface area (Å²) in [5.74, 6) is 2.51. The Morgan fingerprint density at radius 1 is 1.12 bits per heavy atom. The number of hydrogen-bond donors (Lipinski definition) is 0. The standard InChI is InChI=1S/C26H30N2O3S/c1-3-31-24-7-5-4-6-23(24)26-27-21(18-32-26)17-25(29)28-14-12-20(13-15-28)16-19-8-10-22(30-2)11-9-19/h4-11,18,20H,3,12-17H2,1-2H3. The van der Waals surface area contributed by atoms with Crippen LogP contribution in [0.3, 0.4) is 0 Å². The molecule has 168 valence electrons. The lowest BCUT2D eigenvalue weighted by atomic mass is 9.90.